The molecule has 0 aromatic heterocycles. The Hall–Kier alpha value is -0.670. The zero-order chi connectivity index (χ0) is 11.4. The van der Waals surface area contributed by atoms with Crippen LogP contribution >= 0.6 is 11.9 Å². The molecule has 16 heavy (non-hydrogen) atoms. The average Bonchev–Trinajstić information content (AvgIpc) is 2.30. The summed E-state index contributed by atoms with van der Waals surface area (Å²) in [6, 6.07) is 6.31. The predicted molar refractivity (Wildman–Crippen MR) is 69.6 cm³/mol. The Labute approximate surface area is 102 Å². The third-order valence-corrected chi connectivity index (χ3v) is 3.57. The lowest BCUT2D eigenvalue weighted by atomic mass is 9.96. The van der Waals surface area contributed by atoms with Gasteiger partial charge in [0.2, 0.25) is 0 Å². The van der Waals surface area contributed by atoms with Crippen molar-refractivity contribution in [2.24, 2.45) is 5.14 Å². The molecule has 0 bridgehead atoms. The highest BCUT2D eigenvalue weighted by atomic mass is 32.2. The van der Waals surface area contributed by atoms with Crippen molar-refractivity contribution in [2.75, 3.05) is 0 Å². The Morgan fingerprint density at radius 2 is 2.38 bits per heavy atom. The van der Waals surface area contributed by atoms with Gasteiger partial charge in [-0.15, -0.1) is 0 Å². The lowest BCUT2D eigenvalue weighted by Crippen LogP contribution is -2.23. The van der Waals surface area contributed by atoms with E-state index in [1.165, 1.54) is 29.5 Å². The van der Waals surface area contributed by atoms with Crippen LogP contribution < -0.4 is 9.88 Å². The highest BCUT2D eigenvalue weighted by molar-refractivity contribution is 7.96. The average molecular weight is 237 g/mol. The number of ether oxygens (including phenoxy) is 1. The Morgan fingerprint density at radius 1 is 1.50 bits per heavy atom. The van der Waals surface area contributed by atoms with Crippen molar-refractivity contribution in [3.63, 3.8) is 0 Å². The van der Waals surface area contributed by atoms with Crippen LogP contribution in [0.5, 0.6) is 5.75 Å². The third-order valence-electron chi connectivity index (χ3n) is 3.09. The molecule has 0 fully saturated rings. The van der Waals surface area contributed by atoms with Gasteiger partial charge >= 0.3 is 0 Å². The lowest BCUT2D eigenvalue weighted by molar-refractivity contribution is 0.162. The van der Waals surface area contributed by atoms with Gasteiger partial charge in [0, 0.05) is 5.75 Å². The summed E-state index contributed by atoms with van der Waals surface area (Å²) in [6.45, 7) is 2.21. The normalized spacial score (nSPS) is 19.0. The predicted octanol–water partition coefficient (Wildman–Crippen LogP) is 3.29. The molecule has 0 spiro atoms. The summed E-state index contributed by atoms with van der Waals surface area (Å²) in [5, 5.41) is 5.54. The van der Waals surface area contributed by atoms with Crippen LogP contribution in [0.15, 0.2) is 18.2 Å². The molecule has 1 atom stereocenters. The number of nitrogens with two attached hydrogens (primary N) is 1. The topological polar surface area (TPSA) is 35.2 Å². The molecular formula is C13H19NOS. The van der Waals surface area contributed by atoms with Crippen molar-refractivity contribution in [1.82, 2.24) is 0 Å². The molecule has 0 saturated carbocycles. The Kier molecular flexibility index (Phi) is 4.13. The lowest BCUT2D eigenvalue weighted by Gasteiger charge is -2.27. The summed E-state index contributed by atoms with van der Waals surface area (Å²) >= 11 is 1.38. The van der Waals surface area contributed by atoms with E-state index in [1.54, 1.807) is 0 Å². The van der Waals surface area contributed by atoms with E-state index in [1.807, 2.05) is 0 Å². The Bertz CT molecular complexity index is 354. The summed E-state index contributed by atoms with van der Waals surface area (Å²) in [6.07, 6.45) is 5.05. The molecule has 1 aromatic carbocycles. The zero-order valence-electron chi connectivity index (χ0n) is 9.74. The zero-order valence-corrected chi connectivity index (χ0v) is 10.6. The van der Waals surface area contributed by atoms with Gasteiger partial charge in [-0.25, -0.2) is 0 Å². The maximum absolute atomic E-state index is 6.01. The number of rotatable bonds is 4. The first-order valence-electron chi connectivity index (χ1n) is 5.94. The molecule has 3 heteroatoms. The van der Waals surface area contributed by atoms with Crippen LogP contribution in [0.25, 0.3) is 0 Å². The fourth-order valence-corrected chi connectivity index (χ4v) is 2.75. The fraction of sp³-hybridized carbons (Fsp3) is 0.538. The van der Waals surface area contributed by atoms with Crippen LogP contribution in [0.3, 0.4) is 0 Å². The summed E-state index contributed by atoms with van der Waals surface area (Å²) in [5.74, 6) is 1.96. The van der Waals surface area contributed by atoms with Gasteiger partial charge in [-0.3, -0.25) is 5.14 Å². The molecular weight excluding hydrogens is 218 g/mol. The van der Waals surface area contributed by atoms with E-state index in [9.17, 15) is 0 Å². The van der Waals surface area contributed by atoms with E-state index in [-0.39, 0.29) is 0 Å². The molecule has 0 saturated heterocycles. The molecule has 0 radical (unpaired) electrons. The highest BCUT2D eigenvalue weighted by Crippen LogP contribution is 2.32. The molecule has 1 unspecified atom stereocenters. The largest absolute Gasteiger partial charge is 0.490 e. The number of benzene rings is 1. The Morgan fingerprint density at radius 3 is 3.12 bits per heavy atom. The van der Waals surface area contributed by atoms with Gasteiger partial charge < -0.3 is 4.74 Å². The van der Waals surface area contributed by atoms with Crippen LogP contribution in [0.4, 0.5) is 0 Å². The first-order chi connectivity index (χ1) is 7.85. The number of fused-ring (bicyclic) bond motifs is 1. The van der Waals surface area contributed by atoms with E-state index in [0.29, 0.717) is 6.10 Å². The van der Waals surface area contributed by atoms with Gasteiger partial charge in [-0.05, 0) is 36.5 Å². The first kappa shape index (κ1) is 11.8. The van der Waals surface area contributed by atoms with Crippen molar-refractivity contribution in [1.29, 1.82) is 0 Å². The molecule has 0 amide bonds. The number of hydrogen-bond acceptors (Lipinski definition) is 3. The molecule has 2 nitrogen and oxygen atoms in total. The second-order valence-corrected chi connectivity index (χ2v) is 4.89. The molecule has 1 heterocycles. The molecule has 1 aliphatic heterocycles. The van der Waals surface area contributed by atoms with Gasteiger partial charge in [0.15, 0.2) is 0 Å². The van der Waals surface area contributed by atoms with Gasteiger partial charge in [0.1, 0.15) is 5.75 Å². The van der Waals surface area contributed by atoms with Crippen LogP contribution in [-0.2, 0) is 12.2 Å². The van der Waals surface area contributed by atoms with Crippen molar-refractivity contribution in [3.8, 4) is 5.75 Å². The van der Waals surface area contributed by atoms with Crippen LogP contribution in [0.2, 0.25) is 0 Å². The maximum Gasteiger partial charge on any atom is 0.123 e. The van der Waals surface area contributed by atoms with E-state index in [0.717, 1.165) is 30.8 Å². The van der Waals surface area contributed by atoms with Crippen LogP contribution in [-0.4, -0.2) is 6.10 Å². The van der Waals surface area contributed by atoms with Crippen molar-refractivity contribution < 1.29 is 4.74 Å². The SMILES string of the molecule is CCCC1CCc2c(CSN)cccc2O1. The van der Waals surface area contributed by atoms with E-state index in [2.05, 4.69) is 25.1 Å². The highest BCUT2D eigenvalue weighted by Gasteiger charge is 2.20. The standard InChI is InChI=1S/C13H19NOS/c1-2-4-11-7-8-12-10(9-16-14)5-3-6-13(12)15-11/h3,5-6,11H,2,4,7-9,14H2,1H3. The third kappa shape index (κ3) is 2.53. The smallest absolute Gasteiger partial charge is 0.123 e. The van der Waals surface area contributed by atoms with Gasteiger partial charge in [-0.1, -0.05) is 37.4 Å². The summed E-state index contributed by atoms with van der Waals surface area (Å²) < 4.78 is 6.01. The quantitative estimate of drug-likeness (QED) is 0.816. The van der Waals surface area contributed by atoms with Crippen LogP contribution in [0, 0.1) is 0 Å². The molecule has 1 aromatic rings. The Balaban J connectivity index is 2.17. The minimum absolute atomic E-state index is 0.415. The van der Waals surface area contributed by atoms with Gasteiger partial charge in [-0.2, -0.15) is 0 Å². The summed E-state index contributed by atoms with van der Waals surface area (Å²) in [4.78, 5) is 0. The molecule has 88 valence electrons. The maximum atomic E-state index is 6.01. The van der Waals surface area contributed by atoms with Gasteiger partial charge in [0.05, 0.1) is 6.10 Å². The van der Waals surface area contributed by atoms with E-state index < -0.39 is 0 Å². The summed E-state index contributed by atoms with van der Waals surface area (Å²) in [7, 11) is 0. The second-order valence-electron chi connectivity index (χ2n) is 4.27. The fourth-order valence-electron chi connectivity index (χ4n) is 2.30. The second kappa shape index (κ2) is 5.60. The summed E-state index contributed by atoms with van der Waals surface area (Å²) in [5.41, 5.74) is 2.70. The van der Waals surface area contributed by atoms with Crippen molar-refractivity contribution in [3.05, 3.63) is 29.3 Å². The monoisotopic (exact) mass is 237 g/mol. The van der Waals surface area contributed by atoms with E-state index in [4.69, 9.17) is 9.88 Å². The van der Waals surface area contributed by atoms with Crippen molar-refractivity contribution in [2.45, 2.75) is 44.5 Å². The van der Waals surface area contributed by atoms with Gasteiger partial charge in [0.25, 0.3) is 0 Å². The van der Waals surface area contributed by atoms with Crippen LogP contribution in [0.1, 0.15) is 37.3 Å². The minimum Gasteiger partial charge on any atom is -0.490 e. The first-order valence-corrected chi connectivity index (χ1v) is 6.99. The number of hydrogen-bond donors (Lipinski definition) is 1. The minimum atomic E-state index is 0.415. The molecule has 1 aliphatic rings. The molecule has 2 rings (SSSR count). The van der Waals surface area contributed by atoms with Crippen molar-refractivity contribution >= 4 is 11.9 Å². The molecule has 2 N–H and O–H groups in total. The molecule has 0 aliphatic carbocycles. The van der Waals surface area contributed by atoms with E-state index >= 15 is 0 Å².